The van der Waals surface area contributed by atoms with Gasteiger partial charge in [0.15, 0.2) is 23.5 Å². The number of Topliss-reactive ketones (excluding diaryl/α,β-unsaturated/α-hetero) is 2. The van der Waals surface area contributed by atoms with E-state index in [9.17, 15) is 27.6 Å². The van der Waals surface area contributed by atoms with E-state index in [0.29, 0.717) is 16.7 Å². The highest BCUT2D eigenvalue weighted by atomic mass is 19.4. The Morgan fingerprint density at radius 2 is 1.64 bits per heavy atom. The largest absolute Gasteiger partial charge is 0.438 e. The molecule has 2 aromatic rings. The molecule has 10 heteroatoms. The van der Waals surface area contributed by atoms with Gasteiger partial charge in [0.1, 0.15) is 17.2 Å². The van der Waals surface area contributed by atoms with Crippen LogP contribution in [0, 0.1) is 25.7 Å². The molecule has 2 aliphatic heterocycles. The topological polar surface area (TPSA) is 87.5 Å². The fourth-order valence-electron chi connectivity index (χ4n) is 5.73. The number of alkyl halides is 3. The summed E-state index contributed by atoms with van der Waals surface area (Å²) >= 11 is 0. The van der Waals surface area contributed by atoms with Gasteiger partial charge in [-0.05, 0) is 55.5 Å². The summed E-state index contributed by atoms with van der Waals surface area (Å²) in [6.07, 6.45) is -3.57. The molecule has 1 saturated carbocycles. The van der Waals surface area contributed by atoms with Crippen molar-refractivity contribution in [2.45, 2.75) is 51.0 Å². The van der Waals surface area contributed by atoms with Crippen molar-refractivity contribution in [2.24, 2.45) is 18.9 Å². The van der Waals surface area contributed by atoms with Crippen LogP contribution in [0.3, 0.4) is 0 Å². The molecular weight excluding hydrogens is 441 g/mol. The van der Waals surface area contributed by atoms with Crippen LogP contribution in [0.1, 0.15) is 51.5 Å². The number of aromatic nitrogens is 2. The van der Waals surface area contributed by atoms with Crippen molar-refractivity contribution < 1.29 is 37.0 Å². The third kappa shape index (κ3) is 3.14. The number of carbonyl (C=O) groups excluding carboxylic acids is 3. The van der Waals surface area contributed by atoms with Crippen LogP contribution in [0.5, 0.6) is 11.6 Å². The average molecular weight is 462 g/mol. The maximum absolute atomic E-state index is 13.2. The van der Waals surface area contributed by atoms with E-state index >= 15 is 0 Å². The summed E-state index contributed by atoms with van der Waals surface area (Å²) in [6, 6.07) is 3.11. The van der Waals surface area contributed by atoms with Gasteiger partial charge >= 0.3 is 6.18 Å². The molecule has 1 aliphatic carbocycles. The zero-order valence-corrected chi connectivity index (χ0v) is 18.1. The lowest BCUT2D eigenvalue weighted by Gasteiger charge is -2.18. The lowest BCUT2D eigenvalue weighted by atomic mass is 9.81. The van der Waals surface area contributed by atoms with Gasteiger partial charge in [0.05, 0.1) is 24.0 Å². The Labute approximate surface area is 186 Å². The van der Waals surface area contributed by atoms with Gasteiger partial charge in [-0.2, -0.15) is 18.3 Å². The first-order chi connectivity index (χ1) is 15.5. The van der Waals surface area contributed by atoms with Gasteiger partial charge in [-0.3, -0.25) is 14.4 Å². The van der Waals surface area contributed by atoms with E-state index in [1.807, 2.05) is 0 Å². The van der Waals surface area contributed by atoms with E-state index in [-0.39, 0.29) is 41.7 Å². The Bertz CT molecular complexity index is 1150. The molecular formula is C23H21F3N2O5. The lowest BCUT2D eigenvalue weighted by molar-refractivity contribution is -0.141. The Balaban J connectivity index is 1.49. The smallest absolute Gasteiger partial charge is 0.436 e. The van der Waals surface area contributed by atoms with Gasteiger partial charge in [0.25, 0.3) is 0 Å². The molecule has 0 radical (unpaired) electrons. The molecule has 33 heavy (non-hydrogen) atoms. The first-order valence-corrected chi connectivity index (χ1v) is 10.6. The fourth-order valence-corrected chi connectivity index (χ4v) is 5.73. The average Bonchev–Trinajstić information content (AvgIpc) is 3.47. The van der Waals surface area contributed by atoms with Crippen LogP contribution in [0.15, 0.2) is 12.1 Å². The van der Waals surface area contributed by atoms with Gasteiger partial charge in [0.2, 0.25) is 5.88 Å². The maximum atomic E-state index is 13.2. The summed E-state index contributed by atoms with van der Waals surface area (Å²) in [4.78, 5) is 37.8. The van der Waals surface area contributed by atoms with Crippen molar-refractivity contribution in [1.29, 1.82) is 0 Å². The quantitative estimate of drug-likeness (QED) is 0.509. The number of benzene rings is 1. The van der Waals surface area contributed by atoms with Crippen molar-refractivity contribution >= 4 is 17.9 Å². The van der Waals surface area contributed by atoms with Crippen LogP contribution in [0.2, 0.25) is 0 Å². The van der Waals surface area contributed by atoms with Crippen molar-refractivity contribution in [1.82, 2.24) is 9.78 Å². The van der Waals surface area contributed by atoms with E-state index in [2.05, 4.69) is 5.10 Å². The van der Waals surface area contributed by atoms with Gasteiger partial charge in [0, 0.05) is 7.05 Å². The third-order valence-electron chi connectivity index (χ3n) is 6.99. The minimum absolute atomic E-state index is 0.0598. The molecule has 7 nitrogen and oxygen atoms in total. The normalized spacial score (nSPS) is 28.5. The summed E-state index contributed by atoms with van der Waals surface area (Å²) in [5, 5.41) is 3.38. The molecule has 4 atom stereocenters. The van der Waals surface area contributed by atoms with Gasteiger partial charge in [-0.1, -0.05) is 0 Å². The van der Waals surface area contributed by atoms with E-state index < -0.39 is 35.2 Å². The number of ether oxygens (including phenoxy) is 2. The highest BCUT2D eigenvalue weighted by Crippen LogP contribution is 2.53. The second-order valence-electron chi connectivity index (χ2n) is 8.96. The Morgan fingerprint density at radius 1 is 1.09 bits per heavy atom. The monoisotopic (exact) mass is 462 g/mol. The zero-order valence-electron chi connectivity index (χ0n) is 18.1. The molecule has 2 bridgehead atoms. The number of halogens is 3. The SMILES string of the molecule is Cc1cc(Oc2c(C=O)c(C(F)(F)F)nn2C)cc(C)c1C1C(=O)C2C3CCC(O3)C2C1=O. The first-order valence-electron chi connectivity index (χ1n) is 10.6. The van der Waals surface area contributed by atoms with Crippen molar-refractivity contribution in [2.75, 3.05) is 0 Å². The summed E-state index contributed by atoms with van der Waals surface area (Å²) in [7, 11) is 1.25. The molecule has 0 spiro atoms. The Morgan fingerprint density at radius 3 is 2.12 bits per heavy atom. The van der Waals surface area contributed by atoms with Crippen molar-refractivity contribution in [3.8, 4) is 11.6 Å². The number of rotatable bonds is 4. The minimum Gasteiger partial charge on any atom is -0.438 e. The zero-order chi connectivity index (χ0) is 23.8. The third-order valence-corrected chi connectivity index (χ3v) is 6.99. The summed E-state index contributed by atoms with van der Waals surface area (Å²) < 4.78 is 51.8. The number of nitrogens with zero attached hydrogens (tertiary/aromatic N) is 2. The fraction of sp³-hybridized carbons (Fsp3) is 0.478. The number of fused-ring (bicyclic) bond motifs is 5. The van der Waals surface area contributed by atoms with E-state index in [1.165, 1.54) is 7.05 Å². The molecule has 4 unspecified atom stereocenters. The number of hydrogen-bond acceptors (Lipinski definition) is 6. The number of ketones is 2. The molecule has 1 aromatic heterocycles. The molecule has 0 amide bonds. The highest BCUT2D eigenvalue weighted by Gasteiger charge is 2.63. The summed E-state index contributed by atoms with van der Waals surface area (Å²) in [5.41, 5.74) is -0.214. The van der Waals surface area contributed by atoms with Crippen LogP contribution in [-0.2, 0) is 27.5 Å². The Hall–Kier alpha value is -3.01. The molecule has 3 fully saturated rings. The standard InChI is InChI=1S/C23H21F3N2O5/c1-9-6-11(32-22-12(8-29)21(23(24,25)26)27-28(22)3)7-10(2)15(9)18-19(30)16-13-4-5-14(33-13)17(16)20(18)31/h6-8,13-14,16-18H,4-5H2,1-3H3. The molecule has 174 valence electrons. The number of carbonyl (C=O) groups is 3. The van der Waals surface area contributed by atoms with Crippen molar-refractivity contribution in [3.05, 3.63) is 40.1 Å². The molecule has 1 aromatic carbocycles. The second-order valence-corrected chi connectivity index (χ2v) is 8.96. The number of aldehydes is 1. The summed E-state index contributed by atoms with van der Waals surface area (Å²) in [6.45, 7) is 3.44. The van der Waals surface area contributed by atoms with Gasteiger partial charge in [-0.15, -0.1) is 0 Å². The number of hydrogen-bond donors (Lipinski definition) is 0. The van der Waals surface area contributed by atoms with Crippen LogP contribution in [-0.4, -0.2) is 39.8 Å². The van der Waals surface area contributed by atoms with E-state index in [4.69, 9.17) is 9.47 Å². The Kier molecular flexibility index (Phi) is 4.79. The van der Waals surface area contributed by atoms with Gasteiger partial charge < -0.3 is 9.47 Å². The van der Waals surface area contributed by atoms with Crippen LogP contribution < -0.4 is 4.74 Å². The summed E-state index contributed by atoms with van der Waals surface area (Å²) in [5.74, 6) is -2.10. The second kappa shape index (κ2) is 7.24. The predicted octanol–water partition coefficient (Wildman–Crippen LogP) is 3.69. The van der Waals surface area contributed by atoms with E-state index in [0.717, 1.165) is 17.5 Å². The first kappa shape index (κ1) is 21.8. The molecule has 0 N–H and O–H groups in total. The maximum Gasteiger partial charge on any atom is 0.436 e. The molecule has 2 saturated heterocycles. The van der Waals surface area contributed by atoms with Crippen LogP contribution in [0.4, 0.5) is 13.2 Å². The predicted molar refractivity (Wildman–Crippen MR) is 107 cm³/mol. The highest BCUT2D eigenvalue weighted by molar-refractivity contribution is 6.17. The minimum atomic E-state index is -4.81. The van der Waals surface area contributed by atoms with Crippen LogP contribution >= 0.6 is 0 Å². The van der Waals surface area contributed by atoms with Gasteiger partial charge in [-0.25, -0.2) is 4.68 Å². The number of aryl methyl sites for hydroxylation is 3. The van der Waals surface area contributed by atoms with E-state index in [1.54, 1.807) is 26.0 Å². The molecule has 3 aliphatic rings. The molecule has 5 rings (SSSR count). The van der Waals surface area contributed by atoms with Crippen LogP contribution in [0.25, 0.3) is 0 Å². The lowest BCUT2D eigenvalue weighted by Crippen LogP contribution is -2.29. The van der Waals surface area contributed by atoms with Crippen molar-refractivity contribution in [3.63, 3.8) is 0 Å². The molecule has 3 heterocycles.